The van der Waals surface area contributed by atoms with Gasteiger partial charge in [-0.3, -0.25) is 0 Å². The summed E-state index contributed by atoms with van der Waals surface area (Å²) in [5.41, 5.74) is 5.98. The molecule has 3 aromatic rings. The molecule has 0 spiro atoms. The smallest absolute Gasteiger partial charge is 0.152 e. The Morgan fingerprint density at radius 3 is 2.05 bits per heavy atom. The van der Waals surface area contributed by atoms with E-state index in [0.29, 0.717) is 5.15 Å². The van der Waals surface area contributed by atoms with Gasteiger partial charge in [0.05, 0.1) is 11.7 Å². The molecule has 1 aromatic heterocycles. The van der Waals surface area contributed by atoms with Gasteiger partial charge < -0.3 is 5.32 Å². The summed E-state index contributed by atoms with van der Waals surface area (Å²) in [6, 6.07) is 20.9. The highest BCUT2D eigenvalue weighted by molar-refractivity contribution is 6.31. The van der Waals surface area contributed by atoms with Crippen LogP contribution < -0.4 is 5.32 Å². The summed E-state index contributed by atoms with van der Waals surface area (Å²) >= 11 is 6.18. The van der Waals surface area contributed by atoms with E-state index >= 15 is 0 Å². The fourth-order valence-electron chi connectivity index (χ4n) is 2.96. The van der Waals surface area contributed by atoms with E-state index in [1.165, 1.54) is 22.3 Å². The lowest BCUT2D eigenvalue weighted by Gasteiger charge is -2.17. The molecule has 3 heteroatoms. The maximum Gasteiger partial charge on any atom is 0.152 e. The molecular weight excluding hydrogens is 280 g/mol. The number of rotatable bonds is 2. The van der Waals surface area contributed by atoms with Crippen molar-refractivity contribution in [3.8, 4) is 11.1 Å². The third-order valence-corrected chi connectivity index (χ3v) is 4.19. The molecule has 102 valence electrons. The highest BCUT2D eigenvalue weighted by Crippen LogP contribution is 2.44. The molecule has 4 rings (SSSR count). The number of anilines is 1. The Morgan fingerprint density at radius 2 is 1.43 bits per heavy atom. The van der Waals surface area contributed by atoms with Gasteiger partial charge in [-0.15, -0.1) is 0 Å². The van der Waals surface area contributed by atoms with Gasteiger partial charge in [0.1, 0.15) is 0 Å². The molecule has 2 aromatic carbocycles. The Bertz CT molecular complexity index is 768. The number of pyridine rings is 1. The van der Waals surface area contributed by atoms with E-state index < -0.39 is 0 Å². The molecule has 1 heterocycles. The van der Waals surface area contributed by atoms with E-state index in [0.717, 1.165) is 5.69 Å². The maximum absolute atomic E-state index is 6.18. The number of aromatic nitrogens is 1. The fraction of sp³-hybridized carbons (Fsp3) is 0.0556. The molecule has 0 radical (unpaired) electrons. The van der Waals surface area contributed by atoms with Crippen LogP contribution >= 0.6 is 11.6 Å². The van der Waals surface area contributed by atoms with E-state index in [2.05, 4.69) is 58.8 Å². The van der Waals surface area contributed by atoms with E-state index in [1.54, 1.807) is 6.20 Å². The van der Waals surface area contributed by atoms with Crippen molar-refractivity contribution < 1.29 is 0 Å². The summed E-state index contributed by atoms with van der Waals surface area (Å²) in [4.78, 5) is 4.14. The zero-order valence-electron chi connectivity index (χ0n) is 11.3. The fourth-order valence-corrected chi connectivity index (χ4v) is 3.13. The lowest BCUT2D eigenvalue weighted by atomic mass is 10.1. The van der Waals surface area contributed by atoms with Crippen molar-refractivity contribution in [3.63, 3.8) is 0 Å². The highest BCUT2D eigenvalue weighted by Gasteiger charge is 2.28. The normalized spacial score (nSPS) is 12.8. The second-order valence-electron chi connectivity index (χ2n) is 5.09. The van der Waals surface area contributed by atoms with E-state index in [9.17, 15) is 0 Å². The first-order valence-corrected chi connectivity index (χ1v) is 7.27. The molecule has 1 aliphatic carbocycles. The number of nitrogens with zero attached hydrogens (tertiary/aromatic N) is 1. The van der Waals surface area contributed by atoms with E-state index in [-0.39, 0.29) is 6.04 Å². The largest absolute Gasteiger partial charge is 0.372 e. The first kappa shape index (κ1) is 12.4. The molecule has 0 unspecified atom stereocenters. The molecule has 0 bridgehead atoms. The van der Waals surface area contributed by atoms with Crippen molar-refractivity contribution in [3.05, 3.63) is 83.1 Å². The number of nitrogens with one attached hydrogen (secondary N) is 1. The minimum atomic E-state index is 0.110. The summed E-state index contributed by atoms with van der Waals surface area (Å²) < 4.78 is 0. The van der Waals surface area contributed by atoms with Crippen LogP contribution in [0.15, 0.2) is 66.9 Å². The van der Waals surface area contributed by atoms with Crippen molar-refractivity contribution in [1.29, 1.82) is 0 Å². The first-order valence-electron chi connectivity index (χ1n) is 6.90. The van der Waals surface area contributed by atoms with Crippen LogP contribution in [0.5, 0.6) is 0 Å². The molecule has 21 heavy (non-hydrogen) atoms. The number of benzene rings is 2. The number of hydrogen-bond acceptors (Lipinski definition) is 2. The summed E-state index contributed by atoms with van der Waals surface area (Å²) in [7, 11) is 0. The number of hydrogen-bond donors (Lipinski definition) is 1. The van der Waals surface area contributed by atoms with Crippen molar-refractivity contribution in [1.82, 2.24) is 4.98 Å². The molecule has 1 aliphatic rings. The van der Waals surface area contributed by atoms with Gasteiger partial charge in [-0.05, 0) is 34.4 Å². The zero-order chi connectivity index (χ0) is 14.2. The van der Waals surface area contributed by atoms with Crippen LogP contribution in [0.4, 0.5) is 5.69 Å². The predicted molar refractivity (Wildman–Crippen MR) is 86.6 cm³/mol. The Balaban J connectivity index is 1.84. The second-order valence-corrected chi connectivity index (χ2v) is 5.45. The Hall–Kier alpha value is -2.32. The quantitative estimate of drug-likeness (QED) is 0.678. The van der Waals surface area contributed by atoms with Crippen molar-refractivity contribution in [2.24, 2.45) is 0 Å². The summed E-state index contributed by atoms with van der Waals surface area (Å²) in [5.74, 6) is 0. The molecule has 0 saturated heterocycles. The van der Waals surface area contributed by atoms with Crippen LogP contribution in [0.1, 0.15) is 17.2 Å². The molecule has 0 fully saturated rings. The molecular formula is C18H13ClN2. The van der Waals surface area contributed by atoms with Gasteiger partial charge in [0.15, 0.2) is 5.15 Å². The maximum atomic E-state index is 6.18. The van der Waals surface area contributed by atoms with Crippen molar-refractivity contribution in [2.75, 3.05) is 5.32 Å². The SMILES string of the molecule is Clc1ncccc1NC1c2ccccc2-c2ccccc21. The van der Waals surface area contributed by atoms with E-state index in [4.69, 9.17) is 11.6 Å². The van der Waals surface area contributed by atoms with Crippen molar-refractivity contribution >= 4 is 17.3 Å². The van der Waals surface area contributed by atoms with Crippen LogP contribution in [-0.4, -0.2) is 4.98 Å². The lowest BCUT2D eigenvalue weighted by Crippen LogP contribution is -2.09. The summed E-state index contributed by atoms with van der Waals surface area (Å²) in [6.07, 6.45) is 1.70. The van der Waals surface area contributed by atoms with Gasteiger partial charge >= 0.3 is 0 Å². The third-order valence-electron chi connectivity index (χ3n) is 3.89. The Labute approximate surface area is 128 Å². The molecule has 0 aliphatic heterocycles. The molecule has 0 saturated carbocycles. The van der Waals surface area contributed by atoms with Gasteiger partial charge in [-0.25, -0.2) is 4.98 Å². The molecule has 0 amide bonds. The average Bonchev–Trinajstić information content (AvgIpc) is 2.85. The van der Waals surface area contributed by atoms with Gasteiger partial charge in [0.25, 0.3) is 0 Å². The number of halogens is 1. The topological polar surface area (TPSA) is 24.9 Å². The van der Waals surface area contributed by atoms with Crippen LogP contribution in [0.2, 0.25) is 5.15 Å². The minimum absolute atomic E-state index is 0.110. The zero-order valence-corrected chi connectivity index (χ0v) is 12.0. The molecule has 0 atom stereocenters. The Kier molecular flexibility index (Phi) is 2.90. The standard InChI is InChI=1S/C18H13ClN2/c19-18-16(10-5-11-20-18)21-17-14-8-3-1-6-12(14)13-7-2-4-9-15(13)17/h1-11,17,21H. The van der Waals surface area contributed by atoms with Crippen molar-refractivity contribution in [2.45, 2.75) is 6.04 Å². The highest BCUT2D eigenvalue weighted by atomic mass is 35.5. The first-order chi connectivity index (χ1) is 10.3. The third kappa shape index (κ3) is 1.99. The monoisotopic (exact) mass is 292 g/mol. The summed E-state index contributed by atoms with van der Waals surface area (Å²) in [6.45, 7) is 0. The van der Waals surface area contributed by atoms with Gasteiger partial charge in [-0.2, -0.15) is 0 Å². The predicted octanol–water partition coefficient (Wildman–Crippen LogP) is 4.92. The molecule has 2 nitrogen and oxygen atoms in total. The Morgan fingerprint density at radius 1 is 0.810 bits per heavy atom. The van der Waals surface area contributed by atoms with Crippen LogP contribution in [0, 0.1) is 0 Å². The van der Waals surface area contributed by atoms with E-state index in [1.807, 2.05) is 12.1 Å². The number of fused-ring (bicyclic) bond motifs is 3. The van der Waals surface area contributed by atoms with Crippen LogP contribution in [-0.2, 0) is 0 Å². The van der Waals surface area contributed by atoms with Crippen LogP contribution in [0.25, 0.3) is 11.1 Å². The van der Waals surface area contributed by atoms with Gasteiger partial charge in [-0.1, -0.05) is 60.1 Å². The average molecular weight is 293 g/mol. The second kappa shape index (κ2) is 4.90. The van der Waals surface area contributed by atoms with Crippen LogP contribution in [0.3, 0.4) is 0 Å². The van der Waals surface area contributed by atoms with Gasteiger partial charge in [0.2, 0.25) is 0 Å². The lowest BCUT2D eigenvalue weighted by molar-refractivity contribution is 0.970. The molecule has 1 N–H and O–H groups in total. The summed E-state index contributed by atoms with van der Waals surface area (Å²) in [5, 5.41) is 4.03. The van der Waals surface area contributed by atoms with Gasteiger partial charge in [0, 0.05) is 6.20 Å². The minimum Gasteiger partial charge on any atom is -0.372 e.